The number of nitriles is 1. The first-order valence-corrected chi connectivity index (χ1v) is 11.1. The number of rotatable bonds is 5. The number of carbonyl (C=O) groups excluding carboxylic acids is 1. The Morgan fingerprint density at radius 2 is 2.00 bits per heavy atom. The molecule has 0 saturated carbocycles. The first-order chi connectivity index (χ1) is 15.0. The van der Waals surface area contributed by atoms with E-state index in [9.17, 15) is 14.9 Å². The summed E-state index contributed by atoms with van der Waals surface area (Å²) < 4.78 is 3.13. The van der Waals surface area contributed by atoms with Crippen molar-refractivity contribution in [3.05, 3.63) is 79.9 Å². The van der Waals surface area contributed by atoms with Gasteiger partial charge in [-0.05, 0) is 36.6 Å². The Kier molecular flexibility index (Phi) is 5.66. The van der Waals surface area contributed by atoms with Gasteiger partial charge in [0.1, 0.15) is 22.3 Å². The summed E-state index contributed by atoms with van der Waals surface area (Å²) in [5.74, 6) is -0.654. The molecule has 4 rings (SSSR count). The van der Waals surface area contributed by atoms with E-state index in [0.717, 1.165) is 10.6 Å². The number of para-hydroxylation sites is 1. The monoisotopic (exact) mass is 447 g/mol. The first-order valence-electron chi connectivity index (χ1n) is 9.25. The van der Waals surface area contributed by atoms with Crippen LogP contribution >= 0.6 is 22.7 Å². The lowest BCUT2D eigenvalue weighted by Crippen LogP contribution is -2.23. The summed E-state index contributed by atoms with van der Waals surface area (Å²) in [6, 6.07) is 13.0. The van der Waals surface area contributed by atoms with Gasteiger partial charge in [-0.1, -0.05) is 18.2 Å². The molecule has 1 amide bonds. The van der Waals surface area contributed by atoms with E-state index in [0.29, 0.717) is 17.1 Å². The van der Waals surface area contributed by atoms with Crippen LogP contribution in [0.15, 0.2) is 62.9 Å². The maximum atomic E-state index is 13.0. The molecule has 0 unspecified atom stereocenters. The quantitative estimate of drug-likeness (QED) is 0.366. The van der Waals surface area contributed by atoms with Crippen LogP contribution in [0, 0.1) is 18.3 Å². The summed E-state index contributed by atoms with van der Waals surface area (Å²) in [5, 5.41) is 18.7. The molecular weight excluding hydrogens is 430 g/mol. The predicted molar refractivity (Wildman–Crippen MR) is 123 cm³/mol. The highest BCUT2D eigenvalue weighted by atomic mass is 32.1. The smallest absolute Gasteiger partial charge is 0.295 e. The number of nitrogens with zero attached hydrogens (tertiary/aromatic N) is 4. The van der Waals surface area contributed by atoms with Crippen molar-refractivity contribution in [1.29, 1.82) is 5.26 Å². The van der Waals surface area contributed by atoms with Gasteiger partial charge in [0.05, 0.1) is 17.1 Å². The van der Waals surface area contributed by atoms with Gasteiger partial charge < -0.3 is 5.32 Å². The Hall–Kier alpha value is -3.74. The van der Waals surface area contributed by atoms with E-state index in [1.807, 2.05) is 41.1 Å². The fourth-order valence-corrected chi connectivity index (χ4v) is 4.55. The molecule has 4 aromatic rings. The number of anilines is 1. The number of thiophene rings is 1. The molecule has 3 heterocycles. The lowest BCUT2D eigenvalue weighted by molar-refractivity contribution is -0.112. The average molecular weight is 448 g/mol. The van der Waals surface area contributed by atoms with Gasteiger partial charge in [0.2, 0.25) is 0 Å². The van der Waals surface area contributed by atoms with Crippen LogP contribution in [-0.2, 0) is 11.8 Å². The summed E-state index contributed by atoms with van der Waals surface area (Å²) in [4.78, 5) is 30.2. The number of amides is 1. The molecule has 9 heteroatoms. The third-order valence-corrected chi connectivity index (χ3v) is 6.33. The third-order valence-electron chi connectivity index (χ3n) is 4.74. The van der Waals surface area contributed by atoms with Crippen molar-refractivity contribution in [3.8, 4) is 22.3 Å². The average Bonchev–Trinajstić information content (AvgIpc) is 3.51. The topological polar surface area (TPSA) is 92.7 Å². The number of nitrogens with one attached hydrogen (secondary N) is 1. The molecule has 0 aliphatic heterocycles. The first kappa shape index (κ1) is 20.5. The van der Waals surface area contributed by atoms with E-state index in [2.05, 4.69) is 10.3 Å². The van der Waals surface area contributed by atoms with E-state index in [4.69, 9.17) is 0 Å². The zero-order valence-electron chi connectivity index (χ0n) is 16.7. The number of benzene rings is 1. The molecule has 0 bridgehead atoms. The maximum Gasteiger partial charge on any atom is 0.295 e. The Morgan fingerprint density at radius 3 is 2.68 bits per heavy atom. The summed E-state index contributed by atoms with van der Waals surface area (Å²) in [7, 11) is 1.74. The van der Waals surface area contributed by atoms with E-state index < -0.39 is 5.91 Å². The van der Waals surface area contributed by atoms with Crippen LogP contribution in [0.3, 0.4) is 0 Å². The van der Waals surface area contributed by atoms with Gasteiger partial charge in [-0.3, -0.25) is 14.3 Å². The molecule has 0 fully saturated rings. The summed E-state index contributed by atoms with van der Waals surface area (Å²) in [6.45, 7) is 1.74. The zero-order valence-corrected chi connectivity index (χ0v) is 18.3. The summed E-state index contributed by atoms with van der Waals surface area (Å²) in [5.41, 5.74) is 2.41. The van der Waals surface area contributed by atoms with Gasteiger partial charge in [-0.2, -0.15) is 16.6 Å². The van der Waals surface area contributed by atoms with Gasteiger partial charge in [0.15, 0.2) is 0 Å². The Bertz CT molecular complexity index is 1370. The van der Waals surface area contributed by atoms with Crippen LogP contribution in [-0.4, -0.2) is 20.3 Å². The molecule has 0 atom stereocenters. The second-order valence-electron chi connectivity index (χ2n) is 6.65. The standard InChI is InChI=1S/C22H17N5O2S2/c1-14-19(22(29)27(26(14)2)18-6-4-3-5-7-18)25-20(28)16(11-23)10-17-13-31-21(24-17)15-8-9-30-12-15/h3-10,12-13H,1-2H3,(H,25,28)/b16-10-. The number of carbonyl (C=O) groups is 1. The largest absolute Gasteiger partial charge is 0.315 e. The third kappa shape index (κ3) is 3.99. The number of hydrogen-bond acceptors (Lipinski definition) is 6. The lowest BCUT2D eigenvalue weighted by Gasteiger charge is -2.07. The van der Waals surface area contributed by atoms with Gasteiger partial charge in [-0.15, -0.1) is 11.3 Å². The Morgan fingerprint density at radius 1 is 1.23 bits per heavy atom. The van der Waals surface area contributed by atoms with Crippen molar-refractivity contribution in [2.24, 2.45) is 7.05 Å². The van der Waals surface area contributed by atoms with Crippen molar-refractivity contribution in [3.63, 3.8) is 0 Å². The Balaban J connectivity index is 1.62. The van der Waals surface area contributed by atoms with Crippen LogP contribution in [0.2, 0.25) is 0 Å². The van der Waals surface area contributed by atoms with Crippen LogP contribution in [0.5, 0.6) is 0 Å². The fraction of sp³-hybridized carbons (Fsp3) is 0.0909. The van der Waals surface area contributed by atoms with Crippen molar-refractivity contribution >= 4 is 40.3 Å². The minimum absolute atomic E-state index is 0.129. The lowest BCUT2D eigenvalue weighted by atomic mass is 10.2. The van der Waals surface area contributed by atoms with Gasteiger partial charge in [0.25, 0.3) is 11.5 Å². The van der Waals surface area contributed by atoms with Crippen LogP contribution < -0.4 is 10.9 Å². The summed E-state index contributed by atoms with van der Waals surface area (Å²) >= 11 is 3.01. The Labute approximate surface area is 186 Å². The second-order valence-corrected chi connectivity index (χ2v) is 8.29. The fourth-order valence-electron chi connectivity index (χ4n) is 3.06. The van der Waals surface area contributed by atoms with Crippen molar-refractivity contribution in [2.45, 2.75) is 6.92 Å². The van der Waals surface area contributed by atoms with Gasteiger partial charge in [0, 0.05) is 23.4 Å². The number of thiazole rings is 1. The zero-order chi connectivity index (χ0) is 22.0. The molecule has 0 spiro atoms. The van der Waals surface area contributed by atoms with E-state index in [-0.39, 0.29) is 16.8 Å². The molecule has 1 aromatic carbocycles. The highest BCUT2D eigenvalue weighted by Crippen LogP contribution is 2.26. The molecular formula is C22H17N5O2S2. The minimum atomic E-state index is -0.654. The maximum absolute atomic E-state index is 13.0. The molecule has 1 N–H and O–H groups in total. The van der Waals surface area contributed by atoms with Crippen molar-refractivity contribution in [1.82, 2.24) is 14.3 Å². The number of hydrogen-bond donors (Lipinski definition) is 1. The normalized spacial score (nSPS) is 11.3. The molecule has 154 valence electrons. The predicted octanol–water partition coefficient (Wildman–Crippen LogP) is 4.22. The molecule has 0 saturated heterocycles. The highest BCUT2D eigenvalue weighted by molar-refractivity contribution is 7.14. The highest BCUT2D eigenvalue weighted by Gasteiger charge is 2.20. The summed E-state index contributed by atoms with van der Waals surface area (Å²) in [6.07, 6.45) is 1.43. The van der Waals surface area contributed by atoms with E-state index in [1.165, 1.54) is 22.1 Å². The minimum Gasteiger partial charge on any atom is -0.315 e. The number of aromatic nitrogens is 3. The van der Waals surface area contributed by atoms with E-state index in [1.54, 1.807) is 47.5 Å². The molecule has 7 nitrogen and oxygen atoms in total. The van der Waals surface area contributed by atoms with Crippen molar-refractivity contribution < 1.29 is 4.79 Å². The van der Waals surface area contributed by atoms with Gasteiger partial charge >= 0.3 is 0 Å². The van der Waals surface area contributed by atoms with Crippen molar-refractivity contribution in [2.75, 3.05) is 5.32 Å². The SMILES string of the molecule is Cc1c(NC(=O)/C(C#N)=C\c2csc(-c3ccsc3)n2)c(=O)n(-c2ccccc2)n1C. The van der Waals surface area contributed by atoms with Crippen LogP contribution in [0.25, 0.3) is 22.3 Å². The molecule has 0 aliphatic carbocycles. The molecule has 31 heavy (non-hydrogen) atoms. The van der Waals surface area contributed by atoms with Crippen LogP contribution in [0.4, 0.5) is 5.69 Å². The molecule has 0 aliphatic rings. The molecule has 0 radical (unpaired) electrons. The van der Waals surface area contributed by atoms with E-state index >= 15 is 0 Å². The molecule has 3 aromatic heterocycles. The second kappa shape index (κ2) is 8.55. The van der Waals surface area contributed by atoms with Gasteiger partial charge in [-0.25, -0.2) is 9.67 Å². The van der Waals surface area contributed by atoms with Crippen LogP contribution in [0.1, 0.15) is 11.4 Å².